The van der Waals surface area contributed by atoms with Crippen LogP contribution in [0.2, 0.25) is 0 Å². The Bertz CT molecular complexity index is 989. The summed E-state index contributed by atoms with van der Waals surface area (Å²) in [5, 5.41) is 6.60. The van der Waals surface area contributed by atoms with Gasteiger partial charge < -0.3 is 10.2 Å². The molecule has 0 saturated carbocycles. The van der Waals surface area contributed by atoms with Crippen molar-refractivity contribution in [2.45, 2.75) is 18.9 Å². The first-order valence-electron chi connectivity index (χ1n) is 8.22. The van der Waals surface area contributed by atoms with Crippen LogP contribution in [0.1, 0.15) is 34.8 Å². The molecular formula is C17H16F2N6O. The molecule has 26 heavy (non-hydrogen) atoms. The minimum Gasteiger partial charge on any atom is -0.355 e. The number of nitrogens with one attached hydrogen (secondary N) is 1. The molecule has 9 heteroatoms. The summed E-state index contributed by atoms with van der Waals surface area (Å²) >= 11 is 0. The van der Waals surface area contributed by atoms with Gasteiger partial charge in [-0.05, 0) is 31.0 Å². The molecule has 1 N–H and O–H groups in total. The fraction of sp³-hybridized carbons (Fsp3) is 0.294. The molecule has 1 fully saturated rings. The summed E-state index contributed by atoms with van der Waals surface area (Å²) in [4.78, 5) is 22.5. The number of hydrogen-bond donors (Lipinski definition) is 1. The highest BCUT2D eigenvalue weighted by atomic mass is 19.1. The summed E-state index contributed by atoms with van der Waals surface area (Å²) in [6, 6.07) is 3.08. The summed E-state index contributed by atoms with van der Waals surface area (Å²) in [6.45, 7) is 0.611. The van der Waals surface area contributed by atoms with Crippen molar-refractivity contribution in [2.24, 2.45) is 0 Å². The second-order valence-electron chi connectivity index (χ2n) is 6.08. The monoisotopic (exact) mass is 358 g/mol. The van der Waals surface area contributed by atoms with Crippen molar-refractivity contribution in [3.63, 3.8) is 0 Å². The molecule has 1 saturated heterocycles. The highest BCUT2D eigenvalue weighted by molar-refractivity contribution is 5.99. The van der Waals surface area contributed by atoms with E-state index in [9.17, 15) is 13.6 Å². The summed E-state index contributed by atoms with van der Waals surface area (Å²) in [5.41, 5.74) is 0.967. The van der Waals surface area contributed by atoms with E-state index in [4.69, 9.17) is 0 Å². The van der Waals surface area contributed by atoms with Crippen molar-refractivity contribution < 1.29 is 13.6 Å². The lowest BCUT2D eigenvalue weighted by Gasteiger charge is -2.25. The minimum atomic E-state index is -0.484. The molecule has 0 unspecified atom stereocenters. The third kappa shape index (κ3) is 2.65. The number of carbonyl (C=O) groups excluding carboxylic acids is 1. The number of nitrogens with zero attached hydrogens (tertiary/aromatic N) is 5. The van der Waals surface area contributed by atoms with E-state index in [-0.39, 0.29) is 17.5 Å². The molecule has 1 amide bonds. The summed E-state index contributed by atoms with van der Waals surface area (Å²) in [5.74, 6) is -0.893. The molecule has 1 aromatic carbocycles. The molecule has 7 nitrogen and oxygen atoms in total. The van der Waals surface area contributed by atoms with Crippen molar-refractivity contribution in [1.29, 1.82) is 0 Å². The average Bonchev–Trinajstić information content (AvgIpc) is 3.29. The molecule has 134 valence electrons. The van der Waals surface area contributed by atoms with Crippen LogP contribution >= 0.6 is 0 Å². The Morgan fingerprint density at radius 3 is 3.00 bits per heavy atom. The van der Waals surface area contributed by atoms with Crippen LogP contribution in [0.15, 0.2) is 30.7 Å². The van der Waals surface area contributed by atoms with Gasteiger partial charge in [-0.15, -0.1) is 0 Å². The fourth-order valence-electron chi connectivity index (χ4n) is 3.31. The lowest BCUT2D eigenvalue weighted by Crippen LogP contribution is -2.26. The van der Waals surface area contributed by atoms with E-state index >= 15 is 0 Å². The van der Waals surface area contributed by atoms with Gasteiger partial charge in [-0.2, -0.15) is 10.1 Å². The molecule has 4 rings (SSSR count). The highest BCUT2D eigenvalue weighted by Gasteiger charge is 2.31. The third-order valence-corrected chi connectivity index (χ3v) is 4.56. The van der Waals surface area contributed by atoms with E-state index in [1.54, 1.807) is 0 Å². The maximum Gasteiger partial charge on any atom is 0.256 e. The number of amides is 1. The number of fused-ring (bicyclic) bond motifs is 1. The first-order chi connectivity index (χ1) is 12.6. The Labute approximate surface area is 147 Å². The van der Waals surface area contributed by atoms with Gasteiger partial charge in [-0.25, -0.2) is 18.3 Å². The first-order valence-corrected chi connectivity index (χ1v) is 8.22. The second kappa shape index (κ2) is 6.32. The van der Waals surface area contributed by atoms with Crippen LogP contribution in [0.4, 0.5) is 14.7 Å². The lowest BCUT2D eigenvalue weighted by molar-refractivity contribution is 0.0964. The van der Waals surface area contributed by atoms with Gasteiger partial charge in [0.1, 0.15) is 23.5 Å². The quantitative estimate of drug-likeness (QED) is 0.776. The summed E-state index contributed by atoms with van der Waals surface area (Å²) in [6.07, 6.45) is 4.34. The smallest absolute Gasteiger partial charge is 0.256 e. The molecule has 0 spiro atoms. The van der Waals surface area contributed by atoms with E-state index in [0.717, 1.165) is 18.6 Å². The van der Waals surface area contributed by atoms with Crippen molar-refractivity contribution in [3.8, 4) is 0 Å². The van der Waals surface area contributed by atoms with Gasteiger partial charge in [-0.3, -0.25) is 4.79 Å². The number of carbonyl (C=O) groups is 1. The standard InChI is InChI=1S/C17H16F2N6O/c1-20-16(26)12-8-22-25-9-21-17(23-15(12)25)24-6-2-3-14(24)11-7-10(18)4-5-13(11)19/h4-5,7-9,14H,2-3,6H2,1H3,(H,20,26)/t14-/m1/s1. The number of aromatic nitrogens is 4. The van der Waals surface area contributed by atoms with Gasteiger partial charge in [0, 0.05) is 19.2 Å². The van der Waals surface area contributed by atoms with E-state index < -0.39 is 11.6 Å². The molecule has 1 aliphatic rings. The van der Waals surface area contributed by atoms with E-state index in [1.807, 2.05) is 4.90 Å². The predicted octanol–water partition coefficient (Wildman–Crippen LogP) is 2.10. The number of benzene rings is 1. The number of hydrogen-bond acceptors (Lipinski definition) is 5. The normalized spacial score (nSPS) is 17.0. The summed E-state index contributed by atoms with van der Waals surface area (Å²) in [7, 11) is 1.52. The van der Waals surface area contributed by atoms with Crippen molar-refractivity contribution in [3.05, 3.63) is 53.5 Å². The molecule has 2 aromatic heterocycles. The maximum absolute atomic E-state index is 14.2. The third-order valence-electron chi connectivity index (χ3n) is 4.56. The molecule has 1 aliphatic heterocycles. The van der Waals surface area contributed by atoms with Crippen LogP contribution in [-0.2, 0) is 0 Å². The highest BCUT2D eigenvalue weighted by Crippen LogP contribution is 2.36. The van der Waals surface area contributed by atoms with Gasteiger partial charge in [-0.1, -0.05) is 0 Å². The summed E-state index contributed by atoms with van der Waals surface area (Å²) < 4.78 is 29.2. The van der Waals surface area contributed by atoms with Crippen LogP contribution in [0, 0.1) is 11.6 Å². The lowest BCUT2D eigenvalue weighted by atomic mass is 10.0. The van der Waals surface area contributed by atoms with E-state index in [0.29, 0.717) is 30.1 Å². The Morgan fingerprint density at radius 1 is 1.35 bits per heavy atom. The predicted molar refractivity (Wildman–Crippen MR) is 89.9 cm³/mol. The van der Waals surface area contributed by atoms with Gasteiger partial charge in [0.05, 0.1) is 12.2 Å². The zero-order valence-electron chi connectivity index (χ0n) is 14.0. The van der Waals surface area contributed by atoms with Crippen LogP contribution in [-0.4, -0.2) is 39.1 Å². The number of rotatable bonds is 3. The molecule has 1 atom stereocenters. The van der Waals surface area contributed by atoms with Gasteiger partial charge in [0.25, 0.3) is 5.91 Å². The molecule has 0 aliphatic carbocycles. The molecule has 0 radical (unpaired) electrons. The zero-order chi connectivity index (χ0) is 18.3. The average molecular weight is 358 g/mol. The molecule has 0 bridgehead atoms. The van der Waals surface area contributed by atoms with E-state index in [2.05, 4.69) is 20.4 Å². The number of anilines is 1. The molecular weight excluding hydrogens is 342 g/mol. The second-order valence-corrected chi connectivity index (χ2v) is 6.08. The Kier molecular flexibility index (Phi) is 3.98. The minimum absolute atomic E-state index is 0.283. The van der Waals surface area contributed by atoms with Crippen LogP contribution in [0.3, 0.4) is 0 Å². The Hall–Kier alpha value is -3.10. The van der Waals surface area contributed by atoms with Crippen LogP contribution in [0.5, 0.6) is 0 Å². The van der Waals surface area contributed by atoms with Crippen LogP contribution < -0.4 is 10.2 Å². The van der Waals surface area contributed by atoms with Crippen molar-refractivity contribution >= 4 is 17.5 Å². The first kappa shape index (κ1) is 16.4. The topological polar surface area (TPSA) is 75.4 Å². The molecule has 3 heterocycles. The fourth-order valence-corrected chi connectivity index (χ4v) is 3.31. The van der Waals surface area contributed by atoms with Gasteiger partial charge in [0.15, 0.2) is 5.65 Å². The SMILES string of the molecule is CNC(=O)c1cnn2cnc(N3CCC[C@@H]3c3cc(F)ccc3F)nc12. The largest absolute Gasteiger partial charge is 0.355 e. The molecule has 3 aromatic rings. The van der Waals surface area contributed by atoms with E-state index in [1.165, 1.54) is 30.2 Å². The Balaban J connectivity index is 1.76. The van der Waals surface area contributed by atoms with Gasteiger partial charge >= 0.3 is 0 Å². The van der Waals surface area contributed by atoms with Crippen molar-refractivity contribution in [2.75, 3.05) is 18.5 Å². The zero-order valence-corrected chi connectivity index (χ0v) is 14.0. The Morgan fingerprint density at radius 2 is 2.19 bits per heavy atom. The van der Waals surface area contributed by atoms with Gasteiger partial charge in [0.2, 0.25) is 5.95 Å². The van der Waals surface area contributed by atoms with Crippen LogP contribution in [0.25, 0.3) is 5.65 Å². The maximum atomic E-state index is 14.2. The number of halogens is 2. The van der Waals surface area contributed by atoms with Crippen molar-refractivity contribution in [1.82, 2.24) is 24.9 Å².